The summed E-state index contributed by atoms with van der Waals surface area (Å²) in [4.78, 5) is 1.30. The summed E-state index contributed by atoms with van der Waals surface area (Å²) in [5.74, 6) is 0.716. The van der Waals surface area contributed by atoms with Gasteiger partial charge in [0.05, 0.1) is 0 Å². The second kappa shape index (κ2) is 6.00. The zero-order valence-corrected chi connectivity index (χ0v) is 11.5. The molecule has 0 saturated heterocycles. The second-order valence-electron chi connectivity index (χ2n) is 3.09. The number of rotatable bonds is 5. The van der Waals surface area contributed by atoms with Crippen LogP contribution in [0, 0.1) is 0 Å². The van der Waals surface area contributed by atoms with E-state index in [4.69, 9.17) is 0 Å². The molecule has 2 atom stereocenters. The average molecular weight is 296 g/mol. The molecule has 0 bridgehead atoms. The summed E-state index contributed by atoms with van der Waals surface area (Å²) in [7, 11) is -0.705. The van der Waals surface area contributed by atoms with Crippen LogP contribution in [0.5, 0.6) is 0 Å². The molecule has 0 saturated carbocycles. The Labute approximate surface area is 99.7 Å². The Balaban J connectivity index is 2.39. The first-order valence-corrected chi connectivity index (χ1v) is 7.77. The molecule has 0 amide bonds. The van der Waals surface area contributed by atoms with Crippen molar-refractivity contribution in [2.24, 2.45) is 0 Å². The van der Waals surface area contributed by atoms with Crippen LogP contribution < -0.4 is 5.32 Å². The molecular formula is C9H14BrNOS2. The van der Waals surface area contributed by atoms with E-state index in [-0.39, 0.29) is 0 Å². The van der Waals surface area contributed by atoms with Crippen molar-refractivity contribution in [3.05, 3.63) is 20.8 Å². The molecule has 1 N–H and O–H groups in total. The number of hydrogen-bond donors (Lipinski definition) is 1. The summed E-state index contributed by atoms with van der Waals surface area (Å²) in [5, 5.41) is 5.41. The molecule has 2 nitrogen and oxygen atoms in total. The standard InChI is InChI=1S/C9H14BrNOS2/c1-7(11-4-6-14(2)12)9-8(10)3-5-13-9/h3,5,7,11H,4,6H2,1-2H3. The summed E-state index contributed by atoms with van der Waals surface area (Å²) in [6.07, 6.45) is 1.73. The third-order valence-corrected chi connectivity index (χ3v) is 4.71. The van der Waals surface area contributed by atoms with Crippen LogP contribution in [-0.2, 0) is 10.8 Å². The summed E-state index contributed by atoms with van der Waals surface area (Å²) < 4.78 is 12.0. The first-order chi connectivity index (χ1) is 6.61. The Morgan fingerprint density at radius 1 is 1.71 bits per heavy atom. The fourth-order valence-corrected chi connectivity index (χ4v) is 3.28. The summed E-state index contributed by atoms with van der Waals surface area (Å²) in [6.45, 7) is 2.92. The summed E-state index contributed by atoms with van der Waals surface area (Å²) in [5.41, 5.74) is 0. The lowest BCUT2D eigenvalue weighted by molar-refractivity contribution is 0.604. The van der Waals surface area contributed by atoms with Crippen molar-refractivity contribution in [1.29, 1.82) is 0 Å². The largest absolute Gasteiger partial charge is 0.309 e. The maximum atomic E-state index is 10.8. The molecule has 0 fully saturated rings. The van der Waals surface area contributed by atoms with E-state index >= 15 is 0 Å². The van der Waals surface area contributed by atoms with Gasteiger partial charge in [-0.05, 0) is 34.3 Å². The van der Waals surface area contributed by atoms with Crippen molar-refractivity contribution in [3.8, 4) is 0 Å². The van der Waals surface area contributed by atoms with Crippen molar-refractivity contribution in [2.45, 2.75) is 13.0 Å². The van der Waals surface area contributed by atoms with E-state index in [0.29, 0.717) is 11.8 Å². The highest BCUT2D eigenvalue weighted by molar-refractivity contribution is 9.10. The van der Waals surface area contributed by atoms with E-state index in [1.165, 1.54) is 4.88 Å². The minimum absolute atomic E-state index is 0.327. The molecule has 80 valence electrons. The van der Waals surface area contributed by atoms with E-state index in [9.17, 15) is 4.21 Å². The fourth-order valence-electron chi connectivity index (χ4n) is 1.13. The fraction of sp³-hybridized carbons (Fsp3) is 0.556. The molecule has 0 aromatic carbocycles. The number of halogens is 1. The third kappa shape index (κ3) is 3.81. The minimum atomic E-state index is -0.705. The molecule has 0 aliphatic rings. The Kier molecular flexibility index (Phi) is 5.30. The first-order valence-electron chi connectivity index (χ1n) is 4.37. The molecule has 0 aliphatic heterocycles. The van der Waals surface area contributed by atoms with E-state index in [2.05, 4.69) is 39.6 Å². The highest BCUT2D eigenvalue weighted by Gasteiger charge is 2.09. The Bertz CT molecular complexity index is 314. The normalized spacial score (nSPS) is 15.4. The SMILES string of the molecule is CC(NCCS(C)=O)c1sccc1Br. The third-order valence-electron chi connectivity index (χ3n) is 1.88. The van der Waals surface area contributed by atoms with Gasteiger partial charge in [-0.2, -0.15) is 0 Å². The van der Waals surface area contributed by atoms with Gasteiger partial charge in [-0.15, -0.1) is 11.3 Å². The molecule has 14 heavy (non-hydrogen) atoms. The van der Waals surface area contributed by atoms with Gasteiger partial charge in [-0.25, -0.2) is 0 Å². The van der Waals surface area contributed by atoms with Crippen LogP contribution in [0.1, 0.15) is 17.8 Å². The molecule has 1 heterocycles. The van der Waals surface area contributed by atoms with Crippen LogP contribution in [-0.4, -0.2) is 22.8 Å². The van der Waals surface area contributed by atoms with E-state index in [1.54, 1.807) is 17.6 Å². The monoisotopic (exact) mass is 295 g/mol. The Hall–Kier alpha value is 0.290. The van der Waals surface area contributed by atoms with Gasteiger partial charge in [0, 0.05) is 44.7 Å². The lowest BCUT2D eigenvalue weighted by atomic mass is 10.3. The van der Waals surface area contributed by atoms with E-state index in [1.807, 2.05) is 0 Å². The van der Waals surface area contributed by atoms with Gasteiger partial charge in [0.25, 0.3) is 0 Å². The highest BCUT2D eigenvalue weighted by atomic mass is 79.9. The first kappa shape index (κ1) is 12.4. The zero-order valence-electron chi connectivity index (χ0n) is 8.25. The lowest BCUT2D eigenvalue weighted by Crippen LogP contribution is -2.23. The van der Waals surface area contributed by atoms with Crippen LogP contribution >= 0.6 is 27.3 Å². The quantitative estimate of drug-likeness (QED) is 0.904. The van der Waals surface area contributed by atoms with Crippen LogP contribution in [0.2, 0.25) is 0 Å². The number of thiophene rings is 1. The molecule has 1 aromatic rings. The highest BCUT2D eigenvalue weighted by Crippen LogP contribution is 2.28. The Morgan fingerprint density at radius 3 is 2.93 bits per heavy atom. The molecule has 0 radical (unpaired) electrons. The van der Waals surface area contributed by atoms with Gasteiger partial charge in [0.1, 0.15) is 0 Å². The van der Waals surface area contributed by atoms with Crippen LogP contribution in [0.15, 0.2) is 15.9 Å². The molecule has 1 rings (SSSR count). The molecule has 0 spiro atoms. The van der Waals surface area contributed by atoms with Crippen molar-refractivity contribution < 1.29 is 4.21 Å². The van der Waals surface area contributed by atoms with E-state index < -0.39 is 10.8 Å². The van der Waals surface area contributed by atoms with Crippen LogP contribution in [0.25, 0.3) is 0 Å². The van der Waals surface area contributed by atoms with Gasteiger partial charge in [-0.3, -0.25) is 4.21 Å². The van der Waals surface area contributed by atoms with Gasteiger partial charge in [0.2, 0.25) is 0 Å². The average Bonchev–Trinajstić information content (AvgIpc) is 2.50. The number of hydrogen-bond acceptors (Lipinski definition) is 3. The topological polar surface area (TPSA) is 29.1 Å². The van der Waals surface area contributed by atoms with E-state index in [0.717, 1.165) is 11.0 Å². The maximum absolute atomic E-state index is 10.8. The van der Waals surface area contributed by atoms with Crippen molar-refractivity contribution in [1.82, 2.24) is 5.32 Å². The van der Waals surface area contributed by atoms with Gasteiger partial charge >= 0.3 is 0 Å². The molecular weight excluding hydrogens is 282 g/mol. The van der Waals surface area contributed by atoms with Crippen molar-refractivity contribution in [2.75, 3.05) is 18.6 Å². The smallest absolute Gasteiger partial charge is 0.0397 e. The molecule has 2 unspecified atom stereocenters. The Morgan fingerprint density at radius 2 is 2.43 bits per heavy atom. The van der Waals surface area contributed by atoms with Gasteiger partial charge in [-0.1, -0.05) is 0 Å². The predicted octanol–water partition coefficient (Wildman–Crippen LogP) is 2.54. The second-order valence-corrected chi connectivity index (χ2v) is 6.44. The number of nitrogens with one attached hydrogen (secondary N) is 1. The van der Waals surface area contributed by atoms with Crippen molar-refractivity contribution in [3.63, 3.8) is 0 Å². The van der Waals surface area contributed by atoms with Crippen LogP contribution in [0.4, 0.5) is 0 Å². The van der Waals surface area contributed by atoms with Gasteiger partial charge < -0.3 is 5.32 Å². The van der Waals surface area contributed by atoms with Crippen molar-refractivity contribution >= 4 is 38.1 Å². The predicted molar refractivity (Wildman–Crippen MR) is 67.4 cm³/mol. The molecule has 1 aromatic heterocycles. The maximum Gasteiger partial charge on any atom is 0.0397 e. The summed E-state index contributed by atoms with van der Waals surface area (Å²) in [6, 6.07) is 2.38. The lowest BCUT2D eigenvalue weighted by Gasteiger charge is -2.11. The zero-order chi connectivity index (χ0) is 10.6. The molecule has 0 aliphatic carbocycles. The van der Waals surface area contributed by atoms with Gasteiger partial charge in [0.15, 0.2) is 0 Å². The summed E-state index contributed by atoms with van der Waals surface area (Å²) >= 11 is 5.23. The minimum Gasteiger partial charge on any atom is -0.309 e. The van der Waals surface area contributed by atoms with Crippen LogP contribution in [0.3, 0.4) is 0 Å². The molecule has 5 heteroatoms.